The number of carbonyl (C=O) groups is 1. The fourth-order valence-electron chi connectivity index (χ4n) is 1.67. The van der Waals surface area contributed by atoms with Crippen LogP contribution in [0.25, 0.3) is 0 Å². The van der Waals surface area contributed by atoms with E-state index in [0.717, 1.165) is 11.1 Å². The summed E-state index contributed by atoms with van der Waals surface area (Å²) in [6.07, 6.45) is 0.951. The maximum atomic E-state index is 11.0. The normalized spacial score (nSPS) is 11.8. The summed E-state index contributed by atoms with van der Waals surface area (Å²) in [5.41, 5.74) is -0.905. The van der Waals surface area contributed by atoms with Crippen LogP contribution in [0.5, 0.6) is 0 Å². The van der Waals surface area contributed by atoms with Crippen molar-refractivity contribution in [1.29, 1.82) is 0 Å². The zero-order chi connectivity index (χ0) is 14.7. The van der Waals surface area contributed by atoms with E-state index in [1.807, 2.05) is 24.4 Å². The summed E-state index contributed by atoms with van der Waals surface area (Å²) < 4.78 is 0. The first-order chi connectivity index (χ1) is 9.49. The molecule has 0 saturated carbocycles. The molecule has 2 heterocycles. The molecule has 0 amide bonds. The van der Waals surface area contributed by atoms with Gasteiger partial charge < -0.3 is 10.4 Å². The number of anilines is 1. The van der Waals surface area contributed by atoms with Crippen LogP contribution in [-0.2, 0) is 0 Å². The number of pyridine rings is 1. The molecular formula is C12H11N3O4S. The van der Waals surface area contributed by atoms with Crippen LogP contribution in [-0.4, -0.2) is 21.0 Å². The van der Waals surface area contributed by atoms with Gasteiger partial charge in [0.15, 0.2) is 0 Å². The molecule has 0 aliphatic carbocycles. The van der Waals surface area contributed by atoms with E-state index >= 15 is 0 Å². The molecule has 0 aliphatic rings. The molecule has 0 radical (unpaired) electrons. The van der Waals surface area contributed by atoms with Gasteiger partial charge in [-0.05, 0) is 18.4 Å². The largest absolute Gasteiger partial charge is 0.477 e. The molecule has 0 aliphatic heterocycles. The molecule has 0 fully saturated rings. The highest BCUT2D eigenvalue weighted by Gasteiger charge is 2.21. The molecule has 1 unspecified atom stereocenters. The molecule has 0 aromatic carbocycles. The monoisotopic (exact) mass is 293 g/mol. The number of carboxylic acid groups (broad SMARTS) is 1. The molecule has 0 saturated heterocycles. The van der Waals surface area contributed by atoms with Crippen LogP contribution in [0.15, 0.2) is 29.8 Å². The molecule has 7 nitrogen and oxygen atoms in total. The second-order valence-electron chi connectivity index (χ2n) is 4.03. The Balaban J connectivity index is 2.27. The molecule has 0 bridgehead atoms. The van der Waals surface area contributed by atoms with E-state index in [1.54, 1.807) is 11.3 Å². The minimum atomic E-state index is -1.36. The number of thiophene rings is 1. The van der Waals surface area contributed by atoms with Gasteiger partial charge in [-0.25, -0.2) is 9.78 Å². The standard InChI is InChI=1S/C12H11N3O4S/c1-7(10-3-2-4-20-10)14-11-5-8(12(16)17)9(6-13-11)15(18)19/h2-7H,1H3,(H,13,14)(H,16,17). The van der Waals surface area contributed by atoms with Crippen molar-refractivity contribution in [2.75, 3.05) is 5.32 Å². The molecule has 2 N–H and O–H groups in total. The average Bonchev–Trinajstić information content (AvgIpc) is 2.92. The molecule has 2 aromatic heterocycles. The number of hydrogen-bond donors (Lipinski definition) is 2. The van der Waals surface area contributed by atoms with Gasteiger partial charge in [-0.1, -0.05) is 6.07 Å². The third-order valence-electron chi connectivity index (χ3n) is 2.64. The second-order valence-corrected chi connectivity index (χ2v) is 5.01. The van der Waals surface area contributed by atoms with Crippen molar-refractivity contribution in [3.63, 3.8) is 0 Å². The van der Waals surface area contributed by atoms with E-state index in [2.05, 4.69) is 10.3 Å². The van der Waals surface area contributed by atoms with Gasteiger partial charge in [0.05, 0.1) is 11.0 Å². The van der Waals surface area contributed by atoms with Crippen LogP contribution in [0.4, 0.5) is 11.5 Å². The van der Waals surface area contributed by atoms with Crippen molar-refractivity contribution in [3.8, 4) is 0 Å². The van der Waals surface area contributed by atoms with E-state index in [0.29, 0.717) is 0 Å². The minimum absolute atomic E-state index is 0.0643. The first-order valence-electron chi connectivity index (χ1n) is 5.66. The van der Waals surface area contributed by atoms with Gasteiger partial charge in [-0.15, -0.1) is 11.3 Å². The number of rotatable bonds is 5. The predicted molar refractivity (Wildman–Crippen MR) is 74.2 cm³/mol. The second kappa shape index (κ2) is 5.66. The summed E-state index contributed by atoms with van der Waals surface area (Å²) in [5.74, 6) is -1.07. The van der Waals surface area contributed by atoms with Gasteiger partial charge >= 0.3 is 11.7 Å². The summed E-state index contributed by atoms with van der Waals surface area (Å²) in [6.45, 7) is 1.90. The van der Waals surface area contributed by atoms with Crippen LogP contribution < -0.4 is 5.32 Å². The fraction of sp³-hybridized carbons (Fsp3) is 0.167. The summed E-state index contributed by atoms with van der Waals surface area (Å²) in [7, 11) is 0. The number of nitrogens with zero attached hydrogens (tertiary/aromatic N) is 2. The Morgan fingerprint density at radius 2 is 2.35 bits per heavy atom. The topological polar surface area (TPSA) is 105 Å². The predicted octanol–water partition coefficient (Wildman–Crippen LogP) is 2.92. The van der Waals surface area contributed by atoms with E-state index in [-0.39, 0.29) is 17.4 Å². The third-order valence-corrected chi connectivity index (χ3v) is 3.70. The highest BCUT2D eigenvalue weighted by molar-refractivity contribution is 7.10. The molecule has 1 atom stereocenters. The maximum absolute atomic E-state index is 11.0. The fourth-order valence-corrected chi connectivity index (χ4v) is 2.41. The van der Waals surface area contributed by atoms with E-state index in [1.165, 1.54) is 6.07 Å². The van der Waals surface area contributed by atoms with Crippen LogP contribution in [0.1, 0.15) is 28.2 Å². The first kappa shape index (κ1) is 13.9. The Kier molecular flexibility index (Phi) is 3.94. The minimum Gasteiger partial charge on any atom is -0.477 e. The number of nitro groups is 1. The van der Waals surface area contributed by atoms with Crippen LogP contribution >= 0.6 is 11.3 Å². The van der Waals surface area contributed by atoms with Gasteiger partial charge in [0.2, 0.25) is 0 Å². The molecule has 8 heteroatoms. The number of hydrogen-bond acceptors (Lipinski definition) is 6. The quantitative estimate of drug-likeness (QED) is 0.648. The Labute approximate surface area is 118 Å². The maximum Gasteiger partial charge on any atom is 0.342 e. The Morgan fingerprint density at radius 1 is 1.60 bits per heavy atom. The molecular weight excluding hydrogens is 282 g/mol. The molecule has 2 aromatic rings. The molecule has 104 valence electrons. The number of nitrogens with one attached hydrogen (secondary N) is 1. The van der Waals surface area contributed by atoms with Gasteiger partial charge in [0.1, 0.15) is 17.6 Å². The van der Waals surface area contributed by atoms with E-state index in [9.17, 15) is 14.9 Å². The Morgan fingerprint density at radius 3 is 2.90 bits per heavy atom. The number of aromatic nitrogens is 1. The lowest BCUT2D eigenvalue weighted by molar-refractivity contribution is -0.385. The number of carboxylic acids is 1. The lowest BCUT2D eigenvalue weighted by Crippen LogP contribution is -2.09. The van der Waals surface area contributed by atoms with Gasteiger partial charge in [0, 0.05) is 10.9 Å². The average molecular weight is 293 g/mol. The highest BCUT2D eigenvalue weighted by atomic mass is 32.1. The molecule has 0 spiro atoms. The SMILES string of the molecule is CC(Nc1cc(C(=O)O)c([N+](=O)[O-])cn1)c1cccs1. The third kappa shape index (κ3) is 2.91. The first-order valence-corrected chi connectivity index (χ1v) is 6.54. The van der Waals surface area contributed by atoms with Crippen molar-refractivity contribution in [3.05, 3.63) is 50.3 Å². The smallest absolute Gasteiger partial charge is 0.342 e. The summed E-state index contributed by atoms with van der Waals surface area (Å²) in [6, 6.07) is 4.95. The van der Waals surface area contributed by atoms with Crippen molar-refractivity contribution < 1.29 is 14.8 Å². The summed E-state index contributed by atoms with van der Waals surface area (Å²) in [5, 5.41) is 24.7. The van der Waals surface area contributed by atoms with Crippen molar-refractivity contribution in [2.24, 2.45) is 0 Å². The van der Waals surface area contributed by atoms with Crippen molar-refractivity contribution >= 4 is 28.8 Å². The molecule has 20 heavy (non-hydrogen) atoms. The zero-order valence-corrected chi connectivity index (χ0v) is 11.3. The van der Waals surface area contributed by atoms with Crippen LogP contribution in [0.2, 0.25) is 0 Å². The van der Waals surface area contributed by atoms with E-state index < -0.39 is 16.6 Å². The summed E-state index contributed by atoms with van der Waals surface area (Å²) in [4.78, 5) is 25.9. The lowest BCUT2D eigenvalue weighted by atomic mass is 10.2. The Hall–Kier alpha value is -2.48. The van der Waals surface area contributed by atoms with Crippen molar-refractivity contribution in [1.82, 2.24) is 4.98 Å². The van der Waals surface area contributed by atoms with Crippen molar-refractivity contribution in [2.45, 2.75) is 13.0 Å². The Bertz CT molecular complexity index is 642. The molecule has 2 rings (SSSR count). The zero-order valence-electron chi connectivity index (χ0n) is 10.4. The van der Waals surface area contributed by atoms with Gasteiger partial charge in [0.25, 0.3) is 0 Å². The van der Waals surface area contributed by atoms with Crippen LogP contribution in [0.3, 0.4) is 0 Å². The summed E-state index contributed by atoms with van der Waals surface area (Å²) >= 11 is 1.55. The van der Waals surface area contributed by atoms with Gasteiger partial charge in [-0.3, -0.25) is 10.1 Å². The van der Waals surface area contributed by atoms with Crippen LogP contribution in [0, 0.1) is 10.1 Å². The highest BCUT2D eigenvalue weighted by Crippen LogP contribution is 2.25. The van der Waals surface area contributed by atoms with E-state index in [4.69, 9.17) is 5.11 Å². The number of aromatic carboxylic acids is 1. The lowest BCUT2D eigenvalue weighted by Gasteiger charge is -2.13. The van der Waals surface area contributed by atoms with Gasteiger partial charge in [-0.2, -0.15) is 0 Å².